The molecule has 0 bridgehead atoms. The summed E-state index contributed by atoms with van der Waals surface area (Å²) >= 11 is 0. The summed E-state index contributed by atoms with van der Waals surface area (Å²) in [7, 11) is 0. The first-order valence-electron chi connectivity index (χ1n) is 14.3. The van der Waals surface area contributed by atoms with Gasteiger partial charge in [-0.3, -0.25) is 9.59 Å². The van der Waals surface area contributed by atoms with E-state index in [-0.39, 0.29) is 31.0 Å². The molecular formula is C34H32F3N3O5. The number of rotatable bonds is 10. The van der Waals surface area contributed by atoms with Gasteiger partial charge in [-0.2, -0.15) is 13.2 Å². The molecule has 0 spiro atoms. The van der Waals surface area contributed by atoms with Gasteiger partial charge in [0.2, 0.25) is 0 Å². The van der Waals surface area contributed by atoms with Crippen LogP contribution in [0.25, 0.3) is 0 Å². The molecule has 11 heteroatoms. The molecule has 1 aliphatic heterocycles. The number of benzene rings is 4. The number of nitrogens with one attached hydrogen (secondary N) is 1. The molecule has 8 nitrogen and oxygen atoms in total. The first-order chi connectivity index (χ1) is 21.5. The van der Waals surface area contributed by atoms with Gasteiger partial charge in [0.25, 0.3) is 0 Å². The van der Waals surface area contributed by atoms with Crippen molar-refractivity contribution >= 4 is 34.6 Å². The normalized spacial score (nSPS) is 13.8. The lowest BCUT2D eigenvalue weighted by Crippen LogP contribution is -2.41. The van der Waals surface area contributed by atoms with Gasteiger partial charge in [0.05, 0.1) is 17.9 Å². The fourth-order valence-electron chi connectivity index (χ4n) is 4.93. The fourth-order valence-corrected chi connectivity index (χ4v) is 4.93. The number of nitrogens with two attached hydrogens (primary N) is 1. The maximum absolute atomic E-state index is 13.8. The Morgan fingerprint density at radius 2 is 1.73 bits per heavy atom. The Bertz CT molecular complexity index is 1690. The van der Waals surface area contributed by atoms with E-state index < -0.39 is 24.2 Å². The highest BCUT2D eigenvalue weighted by Gasteiger charge is 2.43. The maximum atomic E-state index is 13.8. The van der Waals surface area contributed by atoms with Crippen LogP contribution in [0.4, 0.5) is 35.9 Å². The molecule has 0 aromatic heterocycles. The predicted molar refractivity (Wildman–Crippen MR) is 164 cm³/mol. The van der Waals surface area contributed by atoms with Crippen molar-refractivity contribution in [3.8, 4) is 11.5 Å². The van der Waals surface area contributed by atoms with Crippen LogP contribution < -0.4 is 25.4 Å². The SMILES string of the molecule is CCC(=O)O[C@@H]1COc2cc(N(Cc3cccc(Nc4cccc(OCc5ccccc5)c4N)c3C)C(=O)C(F)(F)F)ccc21. The van der Waals surface area contributed by atoms with Gasteiger partial charge in [0, 0.05) is 29.4 Å². The Kier molecular flexibility index (Phi) is 9.17. The van der Waals surface area contributed by atoms with E-state index in [9.17, 15) is 22.8 Å². The molecule has 0 unspecified atom stereocenters. The molecule has 45 heavy (non-hydrogen) atoms. The van der Waals surface area contributed by atoms with Crippen LogP contribution in [0.1, 0.15) is 41.7 Å². The van der Waals surface area contributed by atoms with Crippen molar-refractivity contribution in [3.05, 3.63) is 107 Å². The van der Waals surface area contributed by atoms with Crippen LogP contribution in [0, 0.1) is 6.92 Å². The van der Waals surface area contributed by atoms with Crippen LogP contribution in [0.3, 0.4) is 0 Å². The summed E-state index contributed by atoms with van der Waals surface area (Å²) < 4.78 is 58.3. The van der Waals surface area contributed by atoms with Crippen molar-refractivity contribution in [3.63, 3.8) is 0 Å². The first-order valence-corrected chi connectivity index (χ1v) is 14.3. The van der Waals surface area contributed by atoms with Gasteiger partial charge in [0.15, 0.2) is 6.10 Å². The first kappa shape index (κ1) is 31.2. The van der Waals surface area contributed by atoms with Crippen molar-refractivity contribution in [1.29, 1.82) is 0 Å². The van der Waals surface area contributed by atoms with Crippen LogP contribution in [0.2, 0.25) is 0 Å². The van der Waals surface area contributed by atoms with Crippen molar-refractivity contribution in [1.82, 2.24) is 0 Å². The van der Waals surface area contributed by atoms with E-state index in [2.05, 4.69) is 5.32 Å². The average Bonchev–Trinajstić information content (AvgIpc) is 3.43. The lowest BCUT2D eigenvalue weighted by Gasteiger charge is -2.26. The molecule has 5 rings (SSSR count). The number of hydrogen-bond acceptors (Lipinski definition) is 7. The zero-order chi connectivity index (χ0) is 32.1. The Hall–Kier alpha value is -5.19. The second kappa shape index (κ2) is 13.2. The van der Waals surface area contributed by atoms with E-state index in [1.165, 1.54) is 18.2 Å². The minimum absolute atomic E-state index is 0.0104. The number of anilines is 4. The average molecular weight is 620 g/mol. The smallest absolute Gasteiger partial charge is 0.471 e. The van der Waals surface area contributed by atoms with Gasteiger partial charge in [-0.25, -0.2) is 0 Å². The van der Waals surface area contributed by atoms with Gasteiger partial charge in [-0.15, -0.1) is 0 Å². The van der Waals surface area contributed by atoms with Crippen LogP contribution in [0.15, 0.2) is 84.9 Å². The molecule has 1 amide bonds. The third kappa shape index (κ3) is 7.14. The third-order valence-electron chi connectivity index (χ3n) is 7.44. The summed E-state index contributed by atoms with van der Waals surface area (Å²) in [6.45, 7) is 3.39. The van der Waals surface area contributed by atoms with Crippen molar-refractivity contribution < 1.29 is 37.0 Å². The van der Waals surface area contributed by atoms with Crippen LogP contribution in [-0.4, -0.2) is 24.7 Å². The number of halogens is 3. The molecule has 0 radical (unpaired) electrons. The highest BCUT2D eigenvalue weighted by atomic mass is 19.4. The highest BCUT2D eigenvalue weighted by Crippen LogP contribution is 2.39. The summed E-state index contributed by atoms with van der Waals surface area (Å²) in [5.41, 5.74) is 10.5. The largest absolute Gasteiger partial charge is 0.489 e. The number of alkyl halides is 3. The van der Waals surface area contributed by atoms with Gasteiger partial charge >= 0.3 is 18.1 Å². The number of ether oxygens (including phenoxy) is 3. The molecule has 0 saturated heterocycles. The zero-order valence-electron chi connectivity index (χ0n) is 24.7. The molecule has 4 aromatic rings. The minimum atomic E-state index is -5.13. The van der Waals surface area contributed by atoms with E-state index in [0.29, 0.717) is 51.0 Å². The number of nitrogen functional groups attached to an aromatic ring is 1. The van der Waals surface area contributed by atoms with E-state index in [4.69, 9.17) is 19.9 Å². The van der Waals surface area contributed by atoms with Crippen LogP contribution >= 0.6 is 0 Å². The van der Waals surface area contributed by atoms with E-state index in [1.807, 2.05) is 30.3 Å². The molecule has 0 aliphatic carbocycles. The maximum Gasteiger partial charge on any atom is 0.471 e. The Balaban J connectivity index is 1.39. The Morgan fingerprint density at radius 1 is 1.00 bits per heavy atom. The monoisotopic (exact) mass is 619 g/mol. The molecule has 0 saturated carbocycles. The van der Waals surface area contributed by atoms with Gasteiger partial charge < -0.3 is 30.2 Å². The highest BCUT2D eigenvalue weighted by molar-refractivity contribution is 5.97. The minimum Gasteiger partial charge on any atom is -0.489 e. The molecular weight excluding hydrogens is 587 g/mol. The van der Waals surface area contributed by atoms with Crippen molar-refractivity contribution in [2.75, 3.05) is 22.6 Å². The van der Waals surface area contributed by atoms with Crippen LogP contribution in [0.5, 0.6) is 11.5 Å². The number of carbonyl (C=O) groups excluding carboxylic acids is 2. The summed E-state index contributed by atoms with van der Waals surface area (Å²) in [4.78, 5) is 25.1. The van der Waals surface area contributed by atoms with E-state index in [1.54, 1.807) is 50.2 Å². The number of fused-ring (bicyclic) bond motifs is 1. The number of esters is 1. The molecule has 1 aliphatic rings. The van der Waals surface area contributed by atoms with Crippen molar-refractivity contribution in [2.45, 2.75) is 45.7 Å². The summed E-state index contributed by atoms with van der Waals surface area (Å²) in [5.74, 6) is -1.73. The number of amides is 1. The van der Waals surface area contributed by atoms with Gasteiger partial charge in [0.1, 0.15) is 24.7 Å². The van der Waals surface area contributed by atoms with Crippen LogP contribution in [-0.2, 0) is 27.5 Å². The van der Waals surface area contributed by atoms with Gasteiger partial charge in [-0.05, 0) is 53.9 Å². The fraction of sp³-hybridized carbons (Fsp3) is 0.235. The predicted octanol–water partition coefficient (Wildman–Crippen LogP) is 7.38. The topological polar surface area (TPSA) is 103 Å². The summed E-state index contributed by atoms with van der Waals surface area (Å²) in [5, 5.41) is 3.26. The quantitative estimate of drug-likeness (QED) is 0.141. The van der Waals surface area contributed by atoms with Gasteiger partial charge in [-0.1, -0.05) is 55.5 Å². The van der Waals surface area contributed by atoms with E-state index >= 15 is 0 Å². The molecule has 3 N–H and O–H groups in total. The zero-order valence-corrected chi connectivity index (χ0v) is 24.7. The second-order valence-corrected chi connectivity index (χ2v) is 10.5. The number of nitrogens with zero attached hydrogens (tertiary/aromatic N) is 1. The number of carbonyl (C=O) groups is 2. The molecule has 4 aromatic carbocycles. The molecule has 1 atom stereocenters. The second-order valence-electron chi connectivity index (χ2n) is 10.5. The molecule has 1 heterocycles. The summed E-state index contributed by atoms with van der Waals surface area (Å²) in [6, 6.07) is 24.3. The molecule has 0 fully saturated rings. The molecule has 234 valence electrons. The Labute approximate surface area is 258 Å². The Morgan fingerprint density at radius 3 is 2.47 bits per heavy atom. The van der Waals surface area contributed by atoms with Crippen molar-refractivity contribution in [2.24, 2.45) is 0 Å². The lowest BCUT2D eigenvalue weighted by molar-refractivity contribution is -0.170. The third-order valence-corrected chi connectivity index (χ3v) is 7.44. The number of hydrogen-bond donors (Lipinski definition) is 2. The standard InChI is InChI=1S/C34H32F3N3O5/c1-3-31(41)45-30-20-44-29-17-24(15-16-25(29)30)40(33(42)34(35,36)37)18-23-11-7-12-26(21(23)2)39-27-13-8-14-28(32(27)38)43-19-22-9-5-4-6-10-22/h4-17,30,39H,3,18-20,38H2,1-2H3/t30-/m1/s1. The number of para-hydroxylation sites is 1. The lowest BCUT2D eigenvalue weighted by atomic mass is 10.0. The summed E-state index contributed by atoms with van der Waals surface area (Å²) in [6.07, 6.45) is -5.63. The van der Waals surface area contributed by atoms with E-state index in [0.717, 1.165) is 5.56 Å².